The Hall–Kier alpha value is -1.93. The number of amides is 1. The van der Waals surface area contributed by atoms with E-state index < -0.39 is 5.82 Å². The van der Waals surface area contributed by atoms with Crippen LogP contribution in [0.2, 0.25) is 0 Å². The summed E-state index contributed by atoms with van der Waals surface area (Å²) in [4.78, 5) is 26.8. The van der Waals surface area contributed by atoms with Gasteiger partial charge >= 0.3 is 0 Å². The highest BCUT2D eigenvalue weighted by Gasteiger charge is 2.24. The summed E-state index contributed by atoms with van der Waals surface area (Å²) in [5.74, 6) is 0.681. The Morgan fingerprint density at radius 1 is 1.39 bits per heavy atom. The fourth-order valence-electron chi connectivity index (χ4n) is 2.74. The Labute approximate surface area is 137 Å². The molecule has 0 aliphatic carbocycles. The van der Waals surface area contributed by atoms with E-state index in [4.69, 9.17) is 0 Å². The fraction of sp³-hybridized carbons (Fsp3) is 0.467. The molecule has 1 N–H and O–H groups in total. The van der Waals surface area contributed by atoms with Gasteiger partial charge in [-0.1, -0.05) is 0 Å². The van der Waals surface area contributed by atoms with Crippen LogP contribution in [0.25, 0.3) is 0 Å². The van der Waals surface area contributed by atoms with Gasteiger partial charge in [0, 0.05) is 37.5 Å². The van der Waals surface area contributed by atoms with Gasteiger partial charge in [-0.25, -0.2) is 19.3 Å². The molecule has 1 aliphatic rings. The van der Waals surface area contributed by atoms with E-state index in [9.17, 15) is 9.18 Å². The van der Waals surface area contributed by atoms with Crippen molar-refractivity contribution in [3.63, 3.8) is 0 Å². The van der Waals surface area contributed by atoms with Gasteiger partial charge in [-0.05, 0) is 18.9 Å². The van der Waals surface area contributed by atoms with Crippen LogP contribution in [-0.4, -0.2) is 38.8 Å². The second-order valence-electron chi connectivity index (χ2n) is 5.72. The molecule has 0 bridgehead atoms. The Balaban J connectivity index is 1.50. The number of hydrogen-bond donors (Lipinski definition) is 1. The smallest absolute Gasteiger partial charge is 0.223 e. The van der Waals surface area contributed by atoms with E-state index in [1.54, 1.807) is 0 Å². The minimum Gasteiger partial charge on any atom is -0.302 e. The molecular formula is C15H18FN5OS. The molecule has 0 aromatic carbocycles. The SMILES string of the molecule is CC(=O)Nc1ncc(CN2CCC(Cc3ncc(F)cn3)C2)s1. The van der Waals surface area contributed by atoms with Gasteiger partial charge in [0.2, 0.25) is 5.91 Å². The fourth-order valence-corrected chi connectivity index (χ4v) is 3.64. The number of thiazole rings is 1. The van der Waals surface area contributed by atoms with Crippen LogP contribution in [0.15, 0.2) is 18.6 Å². The largest absolute Gasteiger partial charge is 0.302 e. The summed E-state index contributed by atoms with van der Waals surface area (Å²) in [6.45, 7) is 4.29. The number of carbonyl (C=O) groups is 1. The molecule has 1 atom stereocenters. The minimum atomic E-state index is -0.401. The highest BCUT2D eigenvalue weighted by atomic mass is 32.1. The first-order valence-corrected chi connectivity index (χ1v) is 8.31. The molecule has 1 saturated heterocycles. The van der Waals surface area contributed by atoms with Crippen molar-refractivity contribution in [3.05, 3.63) is 35.1 Å². The number of rotatable bonds is 5. The topological polar surface area (TPSA) is 71.0 Å². The lowest BCUT2D eigenvalue weighted by Gasteiger charge is -2.14. The Morgan fingerprint density at radius 3 is 2.91 bits per heavy atom. The van der Waals surface area contributed by atoms with Crippen molar-refractivity contribution in [2.24, 2.45) is 5.92 Å². The summed E-state index contributed by atoms with van der Waals surface area (Å²) in [6, 6.07) is 0. The zero-order valence-electron chi connectivity index (χ0n) is 12.8. The molecule has 0 saturated carbocycles. The van der Waals surface area contributed by atoms with E-state index in [0.717, 1.165) is 37.4 Å². The van der Waals surface area contributed by atoms with Gasteiger partial charge in [-0.15, -0.1) is 11.3 Å². The minimum absolute atomic E-state index is 0.105. The van der Waals surface area contributed by atoms with Gasteiger partial charge in [0.15, 0.2) is 10.9 Å². The number of halogens is 1. The average molecular weight is 335 g/mol. The molecular weight excluding hydrogens is 317 g/mol. The molecule has 3 heterocycles. The Bertz CT molecular complexity index is 675. The molecule has 1 aliphatic heterocycles. The van der Waals surface area contributed by atoms with Crippen LogP contribution < -0.4 is 5.32 Å². The third-order valence-electron chi connectivity index (χ3n) is 3.73. The van der Waals surface area contributed by atoms with Gasteiger partial charge < -0.3 is 5.32 Å². The van der Waals surface area contributed by atoms with Crippen LogP contribution >= 0.6 is 11.3 Å². The van der Waals surface area contributed by atoms with E-state index in [1.807, 2.05) is 6.20 Å². The summed E-state index contributed by atoms with van der Waals surface area (Å²) < 4.78 is 12.8. The average Bonchev–Trinajstić information content (AvgIpc) is 3.11. The van der Waals surface area contributed by atoms with Crippen LogP contribution in [0.4, 0.5) is 9.52 Å². The number of anilines is 1. The molecule has 2 aromatic rings. The van der Waals surface area contributed by atoms with Crippen molar-refractivity contribution in [1.29, 1.82) is 0 Å². The van der Waals surface area contributed by atoms with Crippen molar-refractivity contribution in [3.8, 4) is 0 Å². The molecule has 1 amide bonds. The summed E-state index contributed by atoms with van der Waals surface area (Å²) >= 11 is 1.50. The number of hydrogen-bond acceptors (Lipinski definition) is 6. The normalized spacial score (nSPS) is 18.3. The van der Waals surface area contributed by atoms with Gasteiger partial charge in [0.25, 0.3) is 0 Å². The highest BCUT2D eigenvalue weighted by Crippen LogP contribution is 2.24. The molecule has 122 valence electrons. The summed E-state index contributed by atoms with van der Waals surface area (Å²) in [5.41, 5.74) is 0. The molecule has 23 heavy (non-hydrogen) atoms. The van der Waals surface area contributed by atoms with Crippen LogP contribution in [0.5, 0.6) is 0 Å². The van der Waals surface area contributed by atoms with Gasteiger partial charge in [0.05, 0.1) is 12.4 Å². The maximum absolute atomic E-state index is 12.8. The van der Waals surface area contributed by atoms with Crippen molar-refractivity contribution < 1.29 is 9.18 Å². The summed E-state index contributed by atoms with van der Waals surface area (Å²) in [7, 11) is 0. The van der Waals surface area contributed by atoms with Gasteiger partial charge in [-0.3, -0.25) is 9.69 Å². The van der Waals surface area contributed by atoms with Crippen LogP contribution in [0, 0.1) is 11.7 Å². The number of nitrogens with zero attached hydrogens (tertiary/aromatic N) is 4. The van der Waals surface area contributed by atoms with E-state index in [1.165, 1.54) is 30.7 Å². The molecule has 1 fully saturated rings. The maximum atomic E-state index is 12.8. The van der Waals surface area contributed by atoms with E-state index in [-0.39, 0.29) is 5.91 Å². The van der Waals surface area contributed by atoms with Crippen LogP contribution in [-0.2, 0) is 17.8 Å². The number of nitrogens with one attached hydrogen (secondary N) is 1. The predicted octanol–water partition coefficient (Wildman–Crippen LogP) is 2.10. The summed E-state index contributed by atoms with van der Waals surface area (Å²) in [5, 5.41) is 3.34. The number of carbonyl (C=O) groups excluding carboxylic acids is 1. The van der Waals surface area contributed by atoms with Crippen LogP contribution in [0.3, 0.4) is 0 Å². The lowest BCUT2D eigenvalue weighted by molar-refractivity contribution is -0.114. The molecule has 1 unspecified atom stereocenters. The quantitative estimate of drug-likeness (QED) is 0.906. The molecule has 6 nitrogen and oxygen atoms in total. The number of likely N-dealkylation sites (tertiary alicyclic amines) is 1. The van der Waals surface area contributed by atoms with Gasteiger partial charge in [-0.2, -0.15) is 0 Å². The van der Waals surface area contributed by atoms with Crippen LogP contribution in [0.1, 0.15) is 24.0 Å². The molecule has 0 spiro atoms. The lowest BCUT2D eigenvalue weighted by atomic mass is 10.0. The van der Waals surface area contributed by atoms with Crippen molar-refractivity contribution in [1.82, 2.24) is 19.9 Å². The van der Waals surface area contributed by atoms with Crippen molar-refractivity contribution in [2.45, 2.75) is 26.3 Å². The molecule has 2 aromatic heterocycles. The molecule has 3 rings (SSSR count). The Kier molecular flexibility index (Phi) is 4.92. The maximum Gasteiger partial charge on any atom is 0.223 e. The van der Waals surface area contributed by atoms with E-state index in [0.29, 0.717) is 16.9 Å². The molecule has 0 radical (unpaired) electrons. The standard InChI is InChI=1S/C15H18FN5OS/c1-10(22)20-15-19-7-13(23-15)9-21-3-2-11(8-21)4-14-17-5-12(16)6-18-14/h5-7,11H,2-4,8-9H2,1H3,(H,19,20,22). The first-order valence-electron chi connectivity index (χ1n) is 7.49. The van der Waals surface area contributed by atoms with Crippen molar-refractivity contribution >= 4 is 22.4 Å². The zero-order chi connectivity index (χ0) is 16.2. The summed E-state index contributed by atoms with van der Waals surface area (Å²) in [6.07, 6.45) is 6.10. The first-order chi connectivity index (χ1) is 11.1. The van der Waals surface area contributed by atoms with E-state index in [2.05, 4.69) is 25.2 Å². The Morgan fingerprint density at radius 2 is 2.17 bits per heavy atom. The first kappa shape index (κ1) is 15.9. The second-order valence-corrected chi connectivity index (χ2v) is 6.84. The number of aromatic nitrogens is 3. The highest BCUT2D eigenvalue weighted by molar-refractivity contribution is 7.15. The van der Waals surface area contributed by atoms with Gasteiger partial charge in [0.1, 0.15) is 5.82 Å². The predicted molar refractivity (Wildman–Crippen MR) is 85.5 cm³/mol. The van der Waals surface area contributed by atoms with Crippen molar-refractivity contribution in [2.75, 3.05) is 18.4 Å². The monoisotopic (exact) mass is 335 g/mol. The van der Waals surface area contributed by atoms with E-state index >= 15 is 0 Å². The molecule has 8 heteroatoms. The third-order valence-corrected chi connectivity index (χ3v) is 4.63. The lowest BCUT2D eigenvalue weighted by Crippen LogP contribution is -2.20. The second kappa shape index (κ2) is 7.10. The zero-order valence-corrected chi connectivity index (χ0v) is 13.6. The third kappa shape index (κ3) is 4.52.